The summed E-state index contributed by atoms with van der Waals surface area (Å²) in [5.74, 6) is -0.0488. The average Bonchev–Trinajstić information content (AvgIpc) is 3.16. The summed E-state index contributed by atoms with van der Waals surface area (Å²) in [4.78, 5) is 22.5. The van der Waals surface area contributed by atoms with Crippen molar-refractivity contribution in [3.63, 3.8) is 0 Å². The molecule has 5 nitrogen and oxygen atoms in total. The molecule has 0 aliphatic carbocycles. The van der Waals surface area contributed by atoms with Crippen LogP contribution in [-0.2, 0) is 4.74 Å². The van der Waals surface area contributed by atoms with Gasteiger partial charge < -0.3 is 4.74 Å². The normalized spacial score (nSPS) is 14.9. The van der Waals surface area contributed by atoms with Crippen LogP contribution in [0, 0.1) is 6.92 Å². The molecular weight excluding hydrogens is 486 g/mol. The lowest BCUT2D eigenvalue weighted by Gasteiger charge is -2.27. The predicted octanol–water partition coefficient (Wildman–Crippen LogP) is 5.39. The maximum atomic E-state index is 13.5. The molecule has 0 saturated carbocycles. The number of aromatic nitrogens is 1. The van der Waals surface area contributed by atoms with Crippen LogP contribution in [0.4, 0.5) is 5.13 Å². The lowest BCUT2D eigenvalue weighted by atomic mass is 10.2. The summed E-state index contributed by atoms with van der Waals surface area (Å²) in [7, 11) is 0. The van der Waals surface area contributed by atoms with Crippen molar-refractivity contribution in [3.8, 4) is 0 Å². The first-order valence-electron chi connectivity index (χ1n) is 9.96. The Morgan fingerprint density at radius 3 is 2.83 bits per heavy atom. The zero-order chi connectivity index (χ0) is 21.1. The van der Waals surface area contributed by atoms with E-state index in [-0.39, 0.29) is 5.91 Å². The molecule has 1 amide bonds. The number of carbonyl (C=O) groups is 1. The Kier molecular flexibility index (Phi) is 7.05. The molecule has 2 aromatic carbocycles. The summed E-state index contributed by atoms with van der Waals surface area (Å²) in [5.41, 5.74) is 2.55. The Balaban J connectivity index is 1.62. The topological polar surface area (TPSA) is 45.7 Å². The van der Waals surface area contributed by atoms with E-state index in [1.165, 1.54) is 11.3 Å². The highest BCUT2D eigenvalue weighted by atomic mass is 79.9. The summed E-state index contributed by atoms with van der Waals surface area (Å²) in [6.45, 7) is 6.96. The van der Waals surface area contributed by atoms with Crippen LogP contribution >= 0.6 is 38.9 Å². The number of benzene rings is 2. The molecule has 0 N–H and O–H groups in total. The smallest absolute Gasteiger partial charge is 0.261 e. The van der Waals surface area contributed by atoms with Crippen molar-refractivity contribution in [1.29, 1.82) is 0 Å². The molecule has 2 heterocycles. The molecular formula is C22H23BrClN3O2S. The third-order valence-electron chi connectivity index (χ3n) is 5.18. The Labute approximate surface area is 193 Å². The third-order valence-corrected chi connectivity index (χ3v) is 7.11. The summed E-state index contributed by atoms with van der Waals surface area (Å²) in [5, 5.41) is 1.39. The molecule has 30 heavy (non-hydrogen) atoms. The largest absolute Gasteiger partial charge is 0.379 e. The fourth-order valence-corrected chi connectivity index (χ4v) is 5.50. The van der Waals surface area contributed by atoms with Crippen molar-refractivity contribution in [2.24, 2.45) is 0 Å². The van der Waals surface area contributed by atoms with Gasteiger partial charge in [0.1, 0.15) is 0 Å². The minimum Gasteiger partial charge on any atom is -0.379 e. The molecule has 0 radical (unpaired) electrons. The maximum absolute atomic E-state index is 13.5. The van der Waals surface area contributed by atoms with E-state index in [0.29, 0.717) is 22.3 Å². The van der Waals surface area contributed by atoms with E-state index in [1.807, 2.05) is 43.3 Å². The molecule has 1 aromatic heterocycles. The highest BCUT2D eigenvalue weighted by Crippen LogP contribution is 2.34. The molecule has 0 bridgehead atoms. The van der Waals surface area contributed by atoms with Gasteiger partial charge in [-0.05, 0) is 59.1 Å². The number of morpholine rings is 1. The van der Waals surface area contributed by atoms with Gasteiger partial charge in [-0.25, -0.2) is 4.98 Å². The van der Waals surface area contributed by atoms with Gasteiger partial charge in [-0.15, -0.1) is 0 Å². The van der Waals surface area contributed by atoms with Crippen molar-refractivity contribution in [3.05, 3.63) is 57.0 Å². The molecule has 1 aliphatic heterocycles. The van der Waals surface area contributed by atoms with Crippen molar-refractivity contribution in [2.75, 3.05) is 44.3 Å². The van der Waals surface area contributed by atoms with Gasteiger partial charge in [0.25, 0.3) is 5.91 Å². The van der Waals surface area contributed by atoms with Crippen LogP contribution in [-0.4, -0.2) is 55.2 Å². The van der Waals surface area contributed by atoms with E-state index in [1.54, 1.807) is 4.90 Å². The summed E-state index contributed by atoms with van der Waals surface area (Å²) in [6, 6.07) is 11.3. The number of amides is 1. The zero-order valence-electron chi connectivity index (χ0n) is 16.7. The SMILES string of the molecule is Cc1cc(Cl)cc2sc(N(CCCN3CCOCC3)C(=O)c3ccccc3Br)nc12. The molecule has 0 atom stereocenters. The minimum absolute atomic E-state index is 0.0488. The molecule has 0 spiro atoms. The van der Waals surface area contributed by atoms with Gasteiger partial charge >= 0.3 is 0 Å². The van der Waals surface area contributed by atoms with Crippen LogP contribution in [0.1, 0.15) is 22.3 Å². The second-order valence-electron chi connectivity index (χ2n) is 7.31. The van der Waals surface area contributed by atoms with Gasteiger partial charge in [0, 0.05) is 35.7 Å². The van der Waals surface area contributed by atoms with E-state index in [9.17, 15) is 4.79 Å². The van der Waals surface area contributed by atoms with Gasteiger partial charge in [0.2, 0.25) is 0 Å². The van der Waals surface area contributed by atoms with E-state index >= 15 is 0 Å². The number of hydrogen-bond acceptors (Lipinski definition) is 5. The number of nitrogens with zero attached hydrogens (tertiary/aromatic N) is 3. The molecule has 0 unspecified atom stereocenters. The quantitative estimate of drug-likeness (QED) is 0.448. The van der Waals surface area contributed by atoms with Gasteiger partial charge in [0.05, 0.1) is 29.0 Å². The van der Waals surface area contributed by atoms with E-state index in [0.717, 1.165) is 59.5 Å². The minimum atomic E-state index is -0.0488. The standard InChI is InChI=1S/C22H23BrClN3O2S/c1-15-13-16(24)14-19-20(15)25-22(30-19)27(8-4-7-26-9-11-29-12-10-26)21(28)17-5-2-3-6-18(17)23/h2-3,5-6,13-14H,4,7-12H2,1H3. The van der Waals surface area contributed by atoms with Gasteiger partial charge in [-0.1, -0.05) is 35.1 Å². The van der Waals surface area contributed by atoms with Crippen LogP contribution in [0.15, 0.2) is 40.9 Å². The highest BCUT2D eigenvalue weighted by molar-refractivity contribution is 9.10. The molecule has 1 aliphatic rings. The first-order valence-corrected chi connectivity index (χ1v) is 11.9. The number of thiazole rings is 1. The van der Waals surface area contributed by atoms with Crippen LogP contribution in [0.25, 0.3) is 10.2 Å². The van der Waals surface area contributed by atoms with Gasteiger partial charge in [-0.3, -0.25) is 14.6 Å². The second kappa shape index (κ2) is 9.75. The number of aryl methyl sites for hydroxylation is 1. The number of rotatable bonds is 6. The fourth-order valence-electron chi connectivity index (χ4n) is 3.60. The maximum Gasteiger partial charge on any atom is 0.261 e. The van der Waals surface area contributed by atoms with Crippen LogP contribution in [0.3, 0.4) is 0 Å². The number of fused-ring (bicyclic) bond motifs is 1. The molecule has 1 saturated heterocycles. The second-order valence-corrected chi connectivity index (χ2v) is 9.61. The average molecular weight is 509 g/mol. The molecule has 3 aromatic rings. The number of carbonyl (C=O) groups excluding carboxylic acids is 1. The number of ether oxygens (including phenoxy) is 1. The monoisotopic (exact) mass is 507 g/mol. The molecule has 8 heteroatoms. The van der Waals surface area contributed by atoms with Crippen LogP contribution < -0.4 is 4.90 Å². The van der Waals surface area contributed by atoms with E-state index in [4.69, 9.17) is 21.3 Å². The summed E-state index contributed by atoms with van der Waals surface area (Å²) >= 11 is 11.3. The number of hydrogen-bond donors (Lipinski definition) is 0. The number of anilines is 1. The Morgan fingerprint density at radius 2 is 2.07 bits per heavy atom. The van der Waals surface area contributed by atoms with E-state index < -0.39 is 0 Å². The first-order chi connectivity index (χ1) is 14.5. The first kappa shape index (κ1) is 21.7. The van der Waals surface area contributed by atoms with Gasteiger partial charge in [0.15, 0.2) is 5.13 Å². The molecule has 158 valence electrons. The highest BCUT2D eigenvalue weighted by Gasteiger charge is 2.23. The zero-order valence-corrected chi connectivity index (χ0v) is 19.9. The third kappa shape index (κ3) is 4.86. The molecule has 4 rings (SSSR count). The number of halogens is 2. The van der Waals surface area contributed by atoms with Crippen molar-refractivity contribution in [1.82, 2.24) is 9.88 Å². The van der Waals surface area contributed by atoms with Crippen molar-refractivity contribution in [2.45, 2.75) is 13.3 Å². The van der Waals surface area contributed by atoms with Crippen molar-refractivity contribution >= 4 is 60.1 Å². The van der Waals surface area contributed by atoms with Gasteiger partial charge in [-0.2, -0.15) is 0 Å². The molecule has 1 fully saturated rings. The predicted molar refractivity (Wildman–Crippen MR) is 127 cm³/mol. The van der Waals surface area contributed by atoms with E-state index in [2.05, 4.69) is 20.8 Å². The summed E-state index contributed by atoms with van der Waals surface area (Å²) < 4.78 is 7.21. The van der Waals surface area contributed by atoms with Crippen LogP contribution in [0.5, 0.6) is 0 Å². The summed E-state index contributed by atoms with van der Waals surface area (Å²) in [6.07, 6.45) is 0.867. The lowest BCUT2D eigenvalue weighted by molar-refractivity contribution is 0.0376. The Hall–Kier alpha value is -1.51. The lowest BCUT2D eigenvalue weighted by Crippen LogP contribution is -2.39. The Bertz CT molecular complexity index is 1050. The fraction of sp³-hybridized carbons (Fsp3) is 0.364. The Morgan fingerprint density at radius 1 is 1.30 bits per heavy atom. The van der Waals surface area contributed by atoms with Crippen molar-refractivity contribution < 1.29 is 9.53 Å². The van der Waals surface area contributed by atoms with Crippen LogP contribution in [0.2, 0.25) is 5.02 Å².